The lowest BCUT2D eigenvalue weighted by atomic mass is 10.2. The van der Waals surface area contributed by atoms with Gasteiger partial charge in [0, 0.05) is 16.2 Å². The maximum absolute atomic E-state index is 12.0. The van der Waals surface area contributed by atoms with E-state index in [1.807, 2.05) is 24.3 Å². The van der Waals surface area contributed by atoms with E-state index in [9.17, 15) is 4.79 Å². The second-order valence-corrected chi connectivity index (χ2v) is 4.36. The van der Waals surface area contributed by atoms with Gasteiger partial charge in [0.2, 0.25) is 0 Å². The van der Waals surface area contributed by atoms with Gasteiger partial charge in [-0.2, -0.15) is 0 Å². The number of amides is 1. The fourth-order valence-electron chi connectivity index (χ4n) is 1.41. The highest BCUT2D eigenvalue weighted by Gasteiger charge is 2.08. The molecule has 0 fully saturated rings. The number of hydrazine groups is 1. The number of hydrogen-bond donors (Lipinski definition) is 3. The second-order valence-electron chi connectivity index (χ2n) is 3.51. The van der Waals surface area contributed by atoms with E-state index in [0.717, 1.165) is 4.47 Å². The van der Waals surface area contributed by atoms with Crippen molar-refractivity contribution in [2.75, 3.05) is 10.7 Å². The summed E-state index contributed by atoms with van der Waals surface area (Å²) >= 11 is 3.37. The number of pyridine rings is 1. The summed E-state index contributed by atoms with van der Waals surface area (Å²) in [6.07, 6.45) is 1.52. The van der Waals surface area contributed by atoms with E-state index in [-0.39, 0.29) is 5.91 Å². The average molecular weight is 307 g/mol. The van der Waals surface area contributed by atoms with Crippen LogP contribution in [0, 0.1) is 0 Å². The van der Waals surface area contributed by atoms with Crippen LogP contribution in [0.2, 0.25) is 0 Å². The minimum absolute atomic E-state index is 0.221. The molecule has 0 unspecified atom stereocenters. The van der Waals surface area contributed by atoms with Crippen LogP contribution >= 0.6 is 15.9 Å². The predicted octanol–water partition coefficient (Wildman–Crippen LogP) is 2.38. The molecule has 0 aliphatic heterocycles. The number of halogens is 1. The minimum atomic E-state index is -0.221. The van der Waals surface area contributed by atoms with Crippen molar-refractivity contribution in [1.82, 2.24) is 4.98 Å². The zero-order valence-electron chi connectivity index (χ0n) is 9.35. The molecule has 0 saturated carbocycles. The number of benzene rings is 1. The van der Waals surface area contributed by atoms with Crippen LogP contribution < -0.4 is 16.6 Å². The van der Waals surface area contributed by atoms with Crippen LogP contribution in [-0.2, 0) is 0 Å². The Morgan fingerprint density at radius 2 is 2.06 bits per heavy atom. The van der Waals surface area contributed by atoms with Gasteiger partial charge >= 0.3 is 0 Å². The third-order valence-corrected chi connectivity index (χ3v) is 2.98. The molecule has 0 radical (unpaired) electrons. The molecule has 2 rings (SSSR count). The van der Waals surface area contributed by atoms with Gasteiger partial charge in [0.05, 0.1) is 5.69 Å². The first-order valence-electron chi connectivity index (χ1n) is 5.19. The van der Waals surface area contributed by atoms with Gasteiger partial charge in [0.25, 0.3) is 5.91 Å². The number of carbonyl (C=O) groups is 1. The largest absolute Gasteiger partial charge is 0.321 e. The number of nitrogens with zero attached hydrogens (tertiary/aromatic N) is 1. The summed E-state index contributed by atoms with van der Waals surface area (Å²) in [5.74, 6) is 5.46. The lowest BCUT2D eigenvalue weighted by Crippen LogP contribution is -2.14. The van der Waals surface area contributed by atoms with Crippen LogP contribution in [0.25, 0.3) is 0 Å². The summed E-state index contributed by atoms with van der Waals surface area (Å²) in [5, 5.41) is 2.80. The normalized spacial score (nSPS) is 9.89. The molecule has 0 aliphatic carbocycles. The van der Waals surface area contributed by atoms with E-state index >= 15 is 0 Å². The summed E-state index contributed by atoms with van der Waals surface area (Å²) in [7, 11) is 0. The summed E-state index contributed by atoms with van der Waals surface area (Å²) in [5.41, 5.74) is 3.59. The molecule has 2 aromatic rings. The smallest absolute Gasteiger partial charge is 0.255 e. The van der Waals surface area contributed by atoms with Crippen LogP contribution in [0.4, 0.5) is 11.5 Å². The molecule has 5 nitrogen and oxygen atoms in total. The number of carbonyl (C=O) groups excluding carboxylic acids is 1. The quantitative estimate of drug-likeness (QED) is 0.601. The number of aromatic nitrogens is 1. The van der Waals surface area contributed by atoms with Crippen molar-refractivity contribution in [3.05, 3.63) is 52.6 Å². The van der Waals surface area contributed by atoms with Crippen LogP contribution in [0.1, 0.15) is 10.4 Å². The summed E-state index contributed by atoms with van der Waals surface area (Å²) < 4.78 is 0.824. The van der Waals surface area contributed by atoms with Gasteiger partial charge in [-0.15, -0.1) is 0 Å². The van der Waals surface area contributed by atoms with Crippen LogP contribution in [-0.4, -0.2) is 10.9 Å². The number of rotatable bonds is 3. The van der Waals surface area contributed by atoms with Crippen molar-refractivity contribution in [1.29, 1.82) is 0 Å². The molecule has 0 spiro atoms. The molecule has 1 heterocycles. The Kier molecular flexibility index (Phi) is 3.91. The van der Waals surface area contributed by atoms with Crippen molar-refractivity contribution < 1.29 is 4.79 Å². The average Bonchev–Trinajstić information content (AvgIpc) is 2.41. The molecule has 6 heteroatoms. The van der Waals surface area contributed by atoms with E-state index in [2.05, 4.69) is 31.7 Å². The third-order valence-electron chi connectivity index (χ3n) is 2.29. The van der Waals surface area contributed by atoms with Gasteiger partial charge in [-0.1, -0.05) is 12.1 Å². The van der Waals surface area contributed by atoms with E-state index < -0.39 is 0 Å². The Morgan fingerprint density at radius 3 is 2.78 bits per heavy atom. The molecular weight excluding hydrogens is 296 g/mol. The first-order valence-corrected chi connectivity index (χ1v) is 5.98. The molecule has 92 valence electrons. The van der Waals surface area contributed by atoms with E-state index in [1.165, 1.54) is 6.20 Å². The third kappa shape index (κ3) is 2.85. The van der Waals surface area contributed by atoms with Crippen molar-refractivity contribution in [3.8, 4) is 0 Å². The molecular formula is C12H11BrN4O. The topological polar surface area (TPSA) is 80.0 Å². The molecule has 4 N–H and O–H groups in total. The van der Waals surface area contributed by atoms with Gasteiger partial charge in [-0.3, -0.25) is 4.79 Å². The molecule has 0 aliphatic rings. The van der Waals surface area contributed by atoms with Gasteiger partial charge < -0.3 is 10.7 Å². The number of para-hydroxylation sites is 1. The highest BCUT2D eigenvalue weighted by Crippen LogP contribution is 2.22. The fraction of sp³-hybridized carbons (Fsp3) is 0. The minimum Gasteiger partial charge on any atom is -0.321 e. The van der Waals surface area contributed by atoms with Crippen LogP contribution in [0.3, 0.4) is 0 Å². The highest BCUT2D eigenvalue weighted by atomic mass is 79.9. The maximum Gasteiger partial charge on any atom is 0.255 e. The van der Waals surface area contributed by atoms with E-state index in [4.69, 9.17) is 5.84 Å². The molecule has 0 atom stereocenters. The van der Waals surface area contributed by atoms with Crippen LogP contribution in [0.5, 0.6) is 0 Å². The fourth-order valence-corrected chi connectivity index (χ4v) is 1.79. The predicted molar refractivity (Wildman–Crippen MR) is 74.1 cm³/mol. The Bertz CT molecular complexity index is 574. The molecule has 0 bridgehead atoms. The van der Waals surface area contributed by atoms with E-state index in [1.54, 1.807) is 12.1 Å². The molecule has 1 aromatic carbocycles. The van der Waals surface area contributed by atoms with Crippen molar-refractivity contribution >= 4 is 33.3 Å². The number of nitrogens with two attached hydrogens (primary N) is 1. The monoisotopic (exact) mass is 306 g/mol. The SMILES string of the molecule is NNc1cc(C(=O)Nc2ccccc2Br)ccn1. The van der Waals surface area contributed by atoms with Crippen molar-refractivity contribution in [2.45, 2.75) is 0 Å². The second kappa shape index (κ2) is 5.61. The Hall–Kier alpha value is -1.92. The van der Waals surface area contributed by atoms with Gasteiger partial charge in [0.15, 0.2) is 0 Å². The van der Waals surface area contributed by atoms with Gasteiger partial charge in [-0.05, 0) is 40.2 Å². The Labute approximate surface area is 113 Å². The first-order chi connectivity index (χ1) is 8.70. The lowest BCUT2D eigenvalue weighted by Gasteiger charge is -2.07. The van der Waals surface area contributed by atoms with Gasteiger partial charge in [0.1, 0.15) is 5.82 Å². The molecule has 1 amide bonds. The number of anilines is 2. The van der Waals surface area contributed by atoms with Crippen molar-refractivity contribution in [3.63, 3.8) is 0 Å². The molecule has 18 heavy (non-hydrogen) atoms. The molecule has 1 aromatic heterocycles. The zero-order chi connectivity index (χ0) is 13.0. The maximum atomic E-state index is 12.0. The number of nitrogen functional groups attached to an aromatic ring is 1. The van der Waals surface area contributed by atoms with Crippen LogP contribution in [0.15, 0.2) is 47.1 Å². The summed E-state index contributed by atoms with van der Waals surface area (Å²) in [6, 6.07) is 10.6. The summed E-state index contributed by atoms with van der Waals surface area (Å²) in [6.45, 7) is 0. The van der Waals surface area contributed by atoms with E-state index in [0.29, 0.717) is 17.1 Å². The molecule has 0 saturated heterocycles. The lowest BCUT2D eigenvalue weighted by molar-refractivity contribution is 0.102. The number of hydrogen-bond acceptors (Lipinski definition) is 4. The zero-order valence-corrected chi connectivity index (χ0v) is 10.9. The first kappa shape index (κ1) is 12.5. The van der Waals surface area contributed by atoms with Gasteiger partial charge in [-0.25, -0.2) is 10.8 Å². The Balaban J connectivity index is 2.19. The highest BCUT2D eigenvalue weighted by molar-refractivity contribution is 9.10. The Morgan fingerprint density at radius 1 is 1.28 bits per heavy atom. The standard InChI is InChI=1S/C12H11BrN4O/c13-9-3-1-2-4-10(9)16-12(18)8-5-6-15-11(7-8)17-14/h1-7H,14H2,(H,15,17)(H,16,18). The number of nitrogens with one attached hydrogen (secondary N) is 2. The van der Waals surface area contributed by atoms with Crippen molar-refractivity contribution in [2.24, 2.45) is 5.84 Å². The summed E-state index contributed by atoms with van der Waals surface area (Å²) in [4.78, 5) is 15.9.